The van der Waals surface area contributed by atoms with Gasteiger partial charge in [-0.2, -0.15) is 0 Å². The Morgan fingerprint density at radius 1 is 1.24 bits per heavy atom. The first-order chi connectivity index (χ1) is 8.11. The summed E-state index contributed by atoms with van der Waals surface area (Å²) in [5.41, 5.74) is 9.31. The molecule has 0 aliphatic heterocycles. The molecule has 0 heterocycles. The molecule has 0 spiro atoms. The highest BCUT2D eigenvalue weighted by atomic mass is 35.5. The van der Waals surface area contributed by atoms with Gasteiger partial charge < -0.3 is 10.8 Å². The molecule has 0 aliphatic rings. The van der Waals surface area contributed by atoms with Crippen molar-refractivity contribution in [3.05, 3.63) is 52.5 Å². The maximum absolute atomic E-state index is 9.92. The molecule has 2 aromatic rings. The molecule has 0 fully saturated rings. The van der Waals surface area contributed by atoms with E-state index in [4.69, 9.17) is 17.3 Å². The van der Waals surface area contributed by atoms with Crippen molar-refractivity contribution in [3.8, 4) is 16.9 Å². The summed E-state index contributed by atoms with van der Waals surface area (Å²) in [6.07, 6.45) is 0. The van der Waals surface area contributed by atoms with Crippen molar-refractivity contribution >= 4 is 11.6 Å². The van der Waals surface area contributed by atoms with Crippen LogP contribution in [0, 0.1) is 6.92 Å². The summed E-state index contributed by atoms with van der Waals surface area (Å²) in [6.45, 7) is 2.40. The van der Waals surface area contributed by atoms with Crippen LogP contribution in [-0.2, 0) is 6.54 Å². The van der Waals surface area contributed by atoms with Crippen LogP contribution in [0.1, 0.15) is 11.1 Å². The molecule has 88 valence electrons. The smallest absolute Gasteiger partial charge is 0.124 e. The minimum Gasteiger partial charge on any atom is -0.507 e. The number of aryl methyl sites for hydroxylation is 1. The Balaban J connectivity index is 2.56. The van der Waals surface area contributed by atoms with Crippen LogP contribution < -0.4 is 5.73 Å². The molecule has 2 rings (SSSR count). The average molecular weight is 248 g/mol. The fourth-order valence-corrected chi connectivity index (χ4v) is 1.93. The third-order valence-electron chi connectivity index (χ3n) is 2.75. The number of nitrogens with two attached hydrogens (primary N) is 1. The first-order valence-corrected chi connectivity index (χ1v) is 5.78. The molecule has 0 radical (unpaired) electrons. The van der Waals surface area contributed by atoms with Crippen LogP contribution in [0.5, 0.6) is 5.75 Å². The van der Waals surface area contributed by atoms with Crippen LogP contribution in [0.4, 0.5) is 0 Å². The summed E-state index contributed by atoms with van der Waals surface area (Å²) in [6, 6.07) is 11.3. The number of rotatable bonds is 2. The van der Waals surface area contributed by atoms with E-state index in [1.54, 1.807) is 6.07 Å². The van der Waals surface area contributed by atoms with Gasteiger partial charge in [0.2, 0.25) is 0 Å². The Kier molecular flexibility index (Phi) is 3.36. The molecule has 0 saturated carbocycles. The molecule has 17 heavy (non-hydrogen) atoms. The Hall–Kier alpha value is -1.51. The normalized spacial score (nSPS) is 10.5. The summed E-state index contributed by atoms with van der Waals surface area (Å²) in [5.74, 6) is 0.190. The monoisotopic (exact) mass is 247 g/mol. The van der Waals surface area contributed by atoms with Gasteiger partial charge in [-0.05, 0) is 41.8 Å². The van der Waals surface area contributed by atoms with Crippen molar-refractivity contribution in [1.29, 1.82) is 0 Å². The lowest BCUT2D eigenvalue weighted by Crippen LogP contribution is -1.95. The van der Waals surface area contributed by atoms with E-state index in [9.17, 15) is 5.11 Å². The van der Waals surface area contributed by atoms with Crippen molar-refractivity contribution in [2.45, 2.75) is 13.5 Å². The lowest BCUT2D eigenvalue weighted by molar-refractivity contribution is 0.477. The largest absolute Gasteiger partial charge is 0.507 e. The van der Waals surface area contributed by atoms with Crippen molar-refractivity contribution in [2.24, 2.45) is 5.73 Å². The zero-order valence-electron chi connectivity index (χ0n) is 9.57. The number of halogens is 1. The van der Waals surface area contributed by atoms with Gasteiger partial charge in [-0.3, -0.25) is 0 Å². The third-order valence-corrected chi connectivity index (χ3v) is 3.16. The zero-order valence-corrected chi connectivity index (χ0v) is 10.3. The van der Waals surface area contributed by atoms with Crippen LogP contribution in [0.2, 0.25) is 5.02 Å². The number of aromatic hydroxyl groups is 1. The Labute approximate surface area is 106 Å². The number of benzene rings is 2. The topological polar surface area (TPSA) is 46.2 Å². The van der Waals surface area contributed by atoms with Gasteiger partial charge in [-0.25, -0.2) is 0 Å². The molecule has 3 heteroatoms. The highest BCUT2D eigenvalue weighted by Gasteiger charge is 2.07. The standard InChI is InChI=1S/C14H14ClNO/c1-9-5-12(14(17)7-13(9)15)11-4-2-3-10(6-11)8-16/h2-7,17H,8,16H2,1H3. The molecule has 0 atom stereocenters. The molecule has 0 aliphatic carbocycles. The van der Waals surface area contributed by atoms with E-state index in [1.807, 2.05) is 37.3 Å². The first kappa shape index (κ1) is 12.0. The molecule has 3 N–H and O–H groups in total. The second-order valence-electron chi connectivity index (χ2n) is 4.02. The quantitative estimate of drug-likeness (QED) is 0.854. The SMILES string of the molecule is Cc1cc(-c2cccc(CN)c2)c(O)cc1Cl. The van der Waals surface area contributed by atoms with Gasteiger partial charge in [0.25, 0.3) is 0 Å². The summed E-state index contributed by atoms with van der Waals surface area (Å²) in [5, 5.41) is 10.5. The van der Waals surface area contributed by atoms with Crippen LogP contribution in [-0.4, -0.2) is 5.11 Å². The van der Waals surface area contributed by atoms with Crippen LogP contribution >= 0.6 is 11.6 Å². The summed E-state index contributed by atoms with van der Waals surface area (Å²) >= 11 is 5.95. The van der Waals surface area contributed by atoms with Gasteiger partial charge in [0.05, 0.1) is 0 Å². The maximum Gasteiger partial charge on any atom is 0.124 e. The van der Waals surface area contributed by atoms with Crippen molar-refractivity contribution < 1.29 is 5.11 Å². The number of hydrogen-bond donors (Lipinski definition) is 2. The van der Waals surface area contributed by atoms with Gasteiger partial charge >= 0.3 is 0 Å². The minimum absolute atomic E-state index is 0.190. The van der Waals surface area contributed by atoms with E-state index in [0.29, 0.717) is 11.6 Å². The lowest BCUT2D eigenvalue weighted by atomic mass is 10.0. The van der Waals surface area contributed by atoms with E-state index in [0.717, 1.165) is 22.3 Å². The maximum atomic E-state index is 9.92. The van der Waals surface area contributed by atoms with Crippen LogP contribution in [0.3, 0.4) is 0 Å². The molecule has 0 amide bonds. The number of hydrogen-bond acceptors (Lipinski definition) is 2. The van der Waals surface area contributed by atoms with Crippen LogP contribution in [0.15, 0.2) is 36.4 Å². The van der Waals surface area contributed by atoms with Crippen molar-refractivity contribution in [2.75, 3.05) is 0 Å². The summed E-state index contributed by atoms with van der Waals surface area (Å²) in [7, 11) is 0. The number of phenolic OH excluding ortho intramolecular Hbond substituents is 1. The van der Waals surface area contributed by atoms with Gasteiger partial charge in [0, 0.05) is 17.1 Å². The highest BCUT2D eigenvalue weighted by molar-refractivity contribution is 6.31. The second kappa shape index (κ2) is 4.78. The van der Waals surface area contributed by atoms with Crippen LogP contribution in [0.25, 0.3) is 11.1 Å². The Morgan fingerprint density at radius 2 is 2.00 bits per heavy atom. The Bertz CT molecular complexity index is 552. The predicted molar refractivity (Wildman–Crippen MR) is 71.2 cm³/mol. The minimum atomic E-state index is 0.190. The molecule has 2 nitrogen and oxygen atoms in total. The van der Waals surface area contributed by atoms with E-state index in [-0.39, 0.29) is 5.75 Å². The van der Waals surface area contributed by atoms with Crippen molar-refractivity contribution in [1.82, 2.24) is 0 Å². The third kappa shape index (κ3) is 2.43. The predicted octanol–water partition coefficient (Wildman–Crippen LogP) is 3.48. The lowest BCUT2D eigenvalue weighted by Gasteiger charge is -2.09. The molecule has 0 saturated heterocycles. The zero-order chi connectivity index (χ0) is 12.4. The summed E-state index contributed by atoms with van der Waals surface area (Å²) in [4.78, 5) is 0. The van der Waals surface area contributed by atoms with E-state index >= 15 is 0 Å². The molecule has 0 bridgehead atoms. The fraction of sp³-hybridized carbons (Fsp3) is 0.143. The highest BCUT2D eigenvalue weighted by Crippen LogP contribution is 2.34. The molecule has 0 unspecified atom stereocenters. The Morgan fingerprint density at radius 3 is 2.71 bits per heavy atom. The van der Waals surface area contributed by atoms with Gasteiger partial charge in [-0.15, -0.1) is 0 Å². The van der Waals surface area contributed by atoms with Gasteiger partial charge in [0.1, 0.15) is 5.75 Å². The molecular formula is C14H14ClNO. The summed E-state index contributed by atoms with van der Waals surface area (Å²) < 4.78 is 0. The van der Waals surface area contributed by atoms with E-state index in [2.05, 4.69) is 0 Å². The van der Waals surface area contributed by atoms with Gasteiger partial charge in [0.15, 0.2) is 0 Å². The fourth-order valence-electron chi connectivity index (χ4n) is 1.77. The molecule has 2 aromatic carbocycles. The average Bonchev–Trinajstić information content (AvgIpc) is 2.34. The van der Waals surface area contributed by atoms with Gasteiger partial charge in [-0.1, -0.05) is 29.8 Å². The molecular weight excluding hydrogens is 234 g/mol. The second-order valence-corrected chi connectivity index (χ2v) is 4.43. The van der Waals surface area contributed by atoms with E-state index in [1.165, 1.54) is 0 Å². The number of phenols is 1. The van der Waals surface area contributed by atoms with Crippen molar-refractivity contribution in [3.63, 3.8) is 0 Å². The molecule has 0 aromatic heterocycles. The first-order valence-electron chi connectivity index (χ1n) is 5.40. The van der Waals surface area contributed by atoms with E-state index < -0.39 is 0 Å².